The molecule has 1 aromatic carbocycles. The third-order valence-corrected chi connectivity index (χ3v) is 4.08. The van der Waals surface area contributed by atoms with Gasteiger partial charge in [-0.05, 0) is 50.3 Å². The molecule has 2 bridgehead atoms. The van der Waals surface area contributed by atoms with Gasteiger partial charge < -0.3 is 0 Å². The summed E-state index contributed by atoms with van der Waals surface area (Å²) in [6, 6.07) is 8.91. The second kappa shape index (κ2) is 3.08. The third-order valence-electron chi connectivity index (χ3n) is 4.08. The summed E-state index contributed by atoms with van der Waals surface area (Å²) >= 11 is 0. The van der Waals surface area contributed by atoms with Crippen LogP contribution >= 0.6 is 0 Å². The molecule has 1 nitrogen and oxygen atoms in total. The van der Waals surface area contributed by atoms with Crippen LogP contribution in [0.3, 0.4) is 0 Å². The molecular formula is C14H19N. The van der Waals surface area contributed by atoms with Crippen LogP contribution in [0.4, 0.5) is 0 Å². The predicted octanol–water partition coefficient (Wildman–Crippen LogP) is 3.60. The quantitative estimate of drug-likeness (QED) is 0.671. The highest BCUT2D eigenvalue weighted by Crippen LogP contribution is 2.54. The van der Waals surface area contributed by atoms with Crippen molar-refractivity contribution in [1.29, 1.82) is 0 Å². The van der Waals surface area contributed by atoms with Gasteiger partial charge in [-0.1, -0.05) is 18.2 Å². The monoisotopic (exact) mass is 201 g/mol. The van der Waals surface area contributed by atoms with E-state index in [1.165, 1.54) is 18.4 Å². The van der Waals surface area contributed by atoms with Crippen LogP contribution in [0.15, 0.2) is 18.2 Å². The molecule has 0 radical (unpaired) electrons. The molecule has 2 unspecified atom stereocenters. The fourth-order valence-electron chi connectivity index (χ4n) is 3.61. The van der Waals surface area contributed by atoms with Crippen molar-refractivity contribution in [3.8, 4) is 0 Å². The van der Waals surface area contributed by atoms with Gasteiger partial charge in [0.15, 0.2) is 0 Å². The predicted molar refractivity (Wildman–Crippen MR) is 62.9 cm³/mol. The van der Waals surface area contributed by atoms with Crippen LogP contribution in [0.25, 0.3) is 0 Å². The normalized spacial score (nSPS) is 28.8. The molecule has 15 heavy (non-hydrogen) atoms. The van der Waals surface area contributed by atoms with E-state index in [2.05, 4.69) is 43.9 Å². The first-order chi connectivity index (χ1) is 7.20. The fraction of sp³-hybridized carbons (Fsp3) is 0.571. The molecule has 2 aliphatic rings. The molecule has 80 valence electrons. The second-order valence-corrected chi connectivity index (χ2v) is 5.23. The second-order valence-electron chi connectivity index (χ2n) is 5.23. The summed E-state index contributed by atoms with van der Waals surface area (Å²) in [7, 11) is 0. The Balaban J connectivity index is 2.13. The Labute approximate surface area is 92.1 Å². The number of hydrogen-bond acceptors (Lipinski definition) is 1. The number of fused-ring (bicyclic) bond motifs is 5. The maximum absolute atomic E-state index is 2.71. The SMILES string of the molecule is Cc1cccc2c1C1CCC2N1C(C)C. The van der Waals surface area contributed by atoms with Gasteiger partial charge in [0.1, 0.15) is 0 Å². The molecule has 0 amide bonds. The molecule has 1 saturated heterocycles. The topological polar surface area (TPSA) is 3.24 Å². The van der Waals surface area contributed by atoms with Crippen LogP contribution < -0.4 is 0 Å². The van der Waals surface area contributed by atoms with Gasteiger partial charge in [-0.3, -0.25) is 4.90 Å². The van der Waals surface area contributed by atoms with E-state index in [1.54, 1.807) is 11.1 Å². The molecule has 2 aliphatic heterocycles. The average Bonchev–Trinajstić information content (AvgIpc) is 2.73. The number of hydrogen-bond donors (Lipinski definition) is 0. The van der Waals surface area contributed by atoms with Crippen molar-refractivity contribution < 1.29 is 0 Å². The first kappa shape index (κ1) is 9.41. The van der Waals surface area contributed by atoms with Crippen LogP contribution in [-0.4, -0.2) is 10.9 Å². The lowest BCUT2D eigenvalue weighted by Gasteiger charge is -2.26. The summed E-state index contributed by atoms with van der Waals surface area (Å²) < 4.78 is 0. The third kappa shape index (κ3) is 1.13. The molecule has 2 atom stereocenters. The maximum atomic E-state index is 2.71. The summed E-state index contributed by atoms with van der Waals surface area (Å²) in [6.07, 6.45) is 2.72. The standard InChI is InChI=1S/C14H19N/c1-9(2)15-12-7-8-13(15)14-10(3)5-4-6-11(12)14/h4-6,9,12-13H,7-8H2,1-3H3. The zero-order valence-electron chi connectivity index (χ0n) is 9.83. The Hall–Kier alpha value is -0.820. The number of benzene rings is 1. The van der Waals surface area contributed by atoms with E-state index >= 15 is 0 Å². The molecule has 1 aromatic rings. The Morgan fingerprint density at radius 2 is 1.93 bits per heavy atom. The van der Waals surface area contributed by atoms with Gasteiger partial charge in [0.05, 0.1) is 0 Å². The van der Waals surface area contributed by atoms with Crippen molar-refractivity contribution in [2.75, 3.05) is 0 Å². The van der Waals surface area contributed by atoms with E-state index in [4.69, 9.17) is 0 Å². The van der Waals surface area contributed by atoms with Crippen molar-refractivity contribution in [3.63, 3.8) is 0 Å². The minimum atomic E-state index is 0.675. The van der Waals surface area contributed by atoms with Crippen molar-refractivity contribution >= 4 is 0 Å². The van der Waals surface area contributed by atoms with Gasteiger partial charge in [-0.25, -0.2) is 0 Å². The van der Waals surface area contributed by atoms with Crippen LogP contribution in [0.1, 0.15) is 55.5 Å². The largest absolute Gasteiger partial charge is 0.287 e. The van der Waals surface area contributed by atoms with Crippen LogP contribution in [0, 0.1) is 6.92 Å². The number of rotatable bonds is 1. The molecule has 1 heteroatoms. The summed E-state index contributed by atoms with van der Waals surface area (Å²) in [4.78, 5) is 2.71. The molecular weight excluding hydrogens is 182 g/mol. The van der Waals surface area contributed by atoms with E-state index in [-0.39, 0.29) is 0 Å². The molecule has 0 spiro atoms. The molecule has 0 aromatic heterocycles. The Bertz CT molecular complexity index is 394. The van der Waals surface area contributed by atoms with Crippen molar-refractivity contribution in [3.05, 3.63) is 34.9 Å². The molecule has 0 N–H and O–H groups in total. The molecule has 1 fully saturated rings. The lowest BCUT2D eigenvalue weighted by Crippen LogP contribution is -2.27. The summed E-state index contributed by atoms with van der Waals surface area (Å²) in [5.74, 6) is 0. The van der Waals surface area contributed by atoms with E-state index in [0.29, 0.717) is 18.1 Å². The van der Waals surface area contributed by atoms with Crippen molar-refractivity contribution in [1.82, 2.24) is 4.90 Å². The van der Waals surface area contributed by atoms with Crippen molar-refractivity contribution in [2.24, 2.45) is 0 Å². The number of nitrogens with zero attached hydrogens (tertiary/aromatic N) is 1. The Kier molecular flexibility index (Phi) is 1.93. The lowest BCUT2D eigenvalue weighted by molar-refractivity contribution is 0.174. The lowest BCUT2D eigenvalue weighted by atomic mass is 9.89. The average molecular weight is 201 g/mol. The smallest absolute Gasteiger partial charge is 0.0363 e. The Morgan fingerprint density at radius 1 is 1.20 bits per heavy atom. The first-order valence-corrected chi connectivity index (χ1v) is 6.07. The molecule has 3 rings (SSSR count). The zero-order chi connectivity index (χ0) is 10.6. The van der Waals surface area contributed by atoms with Gasteiger partial charge in [-0.15, -0.1) is 0 Å². The molecule has 0 aliphatic carbocycles. The van der Waals surface area contributed by atoms with Crippen LogP contribution in [-0.2, 0) is 0 Å². The van der Waals surface area contributed by atoms with Gasteiger partial charge in [-0.2, -0.15) is 0 Å². The summed E-state index contributed by atoms with van der Waals surface area (Å²) in [6.45, 7) is 6.91. The Morgan fingerprint density at radius 3 is 2.60 bits per heavy atom. The van der Waals surface area contributed by atoms with E-state index in [9.17, 15) is 0 Å². The van der Waals surface area contributed by atoms with Gasteiger partial charge in [0.25, 0.3) is 0 Å². The summed E-state index contributed by atoms with van der Waals surface area (Å²) in [5, 5.41) is 0. The fourth-order valence-corrected chi connectivity index (χ4v) is 3.61. The highest BCUT2D eigenvalue weighted by molar-refractivity contribution is 5.45. The minimum absolute atomic E-state index is 0.675. The van der Waals surface area contributed by atoms with Gasteiger partial charge >= 0.3 is 0 Å². The van der Waals surface area contributed by atoms with Crippen molar-refractivity contribution in [2.45, 2.75) is 51.7 Å². The maximum Gasteiger partial charge on any atom is 0.0363 e. The highest BCUT2D eigenvalue weighted by atomic mass is 15.3. The zero-order valence-corrected chi connectivity index (χ0v) is 9.83. The molecule has 2 heterocycles. The minimum Gasteiger partial charge on any atom is -0.287 e. The van der Waals surface area contributed by atoms with Crippen LogP contribution in [0.5, 0.6) is 0 Å². The van der Waals surface area contributed by atoms with Gasteiger partial charge in [0.2, 0.25) is 0 Å². The van der Waals surface area contributed by atoms with Gasteiger partial charge in [0, 0.05) is 18.1 Å². The molecule has 0 saturated carbocycles. The highest BCUT2D eigenvalue weighted by Gasteiger charge is 2.45. The van der Waals surface area contributed by atoms with E-state index in [1.807, 2.05) is 0 Å². The van der Waals surface area contributed by atoms with Crippen LogP contribution in [0.2, 0.25) is 0 Å². The van der Waals surface area contributed by atoms with E-state index in [0.717, 1.165) is 0 Å². The van der Waals surface area contributed by atoms with E-state index < -0.39 is 0 Å². The number of aryl methyl sites for hydroxylation is 1. The first-order valence-electron chi connectivity index (χ1n) is 6.07. The summed E-state index contributed by atoms with van der Waals surface area (Å²) in [5.41, 5.74) is 4.74.